The number of nitrogens with zero attached hydrogens (tertiary/aromatic N) is 2. The summed E-state index contributed by atoms with van der Waals surface area (Å²) in [6.45, 7) is 0.777. The number of rotatable bonds is 8. The number of carbonyl (C=O) groups is 1. The lowest BCUT2D eigenvalue weighted by Gasteiger charge is -2.10. The first kappa shape index (κ1) is 21.4. The first-order valence-corrected chi connectivity index (χ1v) is 10.4. The summed E-state index contributed by atoms with van der Waals surface area (Å²) < 4.78 is 5.69. The van der Waals surface area contributed by atoms with Crippen LogP contribution in [0.25, 0.3) is 33.3 Å². The number of aromatic nitrogens is 2. The van der Waals surface area contributed by atoms with Crippen LogP contribution in [0.3, 0.4) is 0 Å². The van der Waals surface area contributed by atoms with Gasteiger partial charge >= 0.3 is 0 Å². The summed E-state index contributed by atoms with van der Waals surface area (Å²) in [5.41, 5.74) is 7.00. The standard InChI is InChI=1S/C25H24N4O3/c26-29-25(31)21-15-24(28-23-11-12-27-16-22(21)23)19-5-3-17(4-6-19)18-7-9-20(10-8-18)32-14-2-1-13-30/h3-12,15-16,30H,1-2,13-14,26H2,(H,29,31). The van der Waals surface area contributed by atoms with Crippen molar-refractivity contribution in [3.63, 3.8) is 0 Å². The van der Waals surface area contributed by atoms with E-state index in [0.717, 1.165) is 35.3 Å². The Kier molecular flexibility index (Phi) is 6.69. The van der Waals surface area contributed by atoms with Crippen LogP contribution in [-0.2, 0) is 0 Å². The van der Waals surface area contributed by atoms with Gasteiger partial charge in [-0.05, 0) is 48.2 Å². The van der Waals surface area contributed by atoms with Gasteiger partial charge < -0.3 is 9.84 Å². The number of nitrogen functional groups attached to an aromatic ring is 1. The van der Waals surface area contributed by atoms with Crippen molar-refractivity contribution >= 4 is 16.8 Å². The first-order valence-electron chi connectivity index (χ1n) is 10.4. The molecular formula is C25H24N4O3. The predicted molar refractivity (Wildman–Crippen MR) is 124 cm³/mol. The van der Waals surface area contributed by atoms with E-state index in [0.29, 0.717) is 28.8 Å². The Hall–Kier alpha value is -3.81. The zero-order chi connectivity index (χ0) is 22.3. The predicted octanol–water partition coefficient (Wildman–Crippen LogP) is 3.72. The number of nitrogens with one attached hydrogen (secondary N) is 1. The van der Waals surface area contributed by atoms with Gasteiger partial charge in [-0.15, -0.1) is 0 Å². The van der Waals surface area contributed by atoms with Crippen LogP contribution in [0.5, 0.6) is 5.75 Å². The van der Waals surface area contributed by atoms with Gasteiger partial charge in [0.1, 0.15) is 5.75 Å². The minimum Gasteiger partial charge on any atom is -0.494 e. The Labute approximate surface area is 185 Å². The third-order valence-corrected chi connectivity index (χ3v) is 5.18. The topological polar surface area (TPSA) is 110 Å². The number of hydrazine groups is 1. The van der Waals surface area contributed by atoms with Crippen LogP contribution in [-0.4, -0.2) is 34.2 Å². The molecule has 2 aromatic heterocycles. The molecule has 162 valence electrons. The van der Waals surface area contributed by atoms with Crippen LogP contribution in [0, 0.1) is 0 Å². The van der Waals surface area contributed by atoms with Crippen molar-refractivity contribution in [2.45, 2.75) is 12.8 Å². The van der Waals surface area contributed by atoms with Gasteiger partial charge in [-0.3, -0.25) is 15.2 Å². The number of amides is 1. The quantitative estimate of drug-likeness (QED) is 0.171. The lowest BCUT2D eigenvalue weighted by Crippen LogP contribution is -2.30. The molecule has 0 unspecified atom stereocenters. The highest BCUT2D eigenvalue weighted by Gasteiger charge is 2.13. The van der Waals surface area contributed by atoms with E-state index < -0.39 is 0 Å². The van der Waals surface area contributed by atoms with Crippen LogP contribution in [0.2, 0.25) is 0 Å². The molecule has 0 radical (unpaired) electrons. The number of hydrogen-bond acceptors (Lipinski definition) is 6. The van der Waals surface area contributed by atoms with E-state index in [9.17, 15) is 4.79 Å². The van der Waals surface area contributed by atoms with Crippen molar-refractivity contribution in [2.75, 3.05) is 13.2 Å². The molecule has 4 rings (SSSR count). The van der Waals surface area contributed by atoms with Gasteiger partial charge in [0, 0.05) is 30.0 Å². The largest absolute Gasteiger partial charge is 0.494 e. The maximum atomic E-state index is 12.3. The van der Waals surface area contributed by atoms with Gasteiger partial charge in [-0.2, -0.15) is 0 Å². The molecule has 2 heterocycles. The average Bonchev–Trinajstić information content (AvgIpc) is 2.86. The van der Waals surface area contributed by atoms with Gasteiger partial charge in [-0.25, -0.2) is 10.8 Å². The van der Waals surface area contributed by atoms with E-state index in [1.54, 1.807) is 24.5 Å². The highest BCUT2D eigenvalue weighted by molar-refractivity contribution is 6.06. The number of unbranched alkanes of at least 4 members (excludes halogenated alkanes) is 1. The molecule has 2 aromatic carbocycles. The summed E-state index contributed by atoms with van der Waals surface area (Å²) in [5.74, 6) is 5.78. The normalized spacial score (nSPS) is 10.8. The highest BCUT2D eigenvalue weighted by atomic mass is 16.5. The minimum absolute atomic E-state index is 0.186. The molecule has 1 amide bonds. The van der Waals surface area contributed by atoms with Gasteiger partial charge in [0.2, 0.25) is 0 Å². The molecule has 0 aliphatic carbocycles. The fourth-order valence-corrected chi connectivity index (χ4v) is 3.46. The van der Waals surface area contributed by atoms with E-state index >= 15 is 0 Å². The number of ether oxygens (including phenoxy) is 1. The number of carbonyl (C=O) groups excluding carboxylic acids is 1. The van der Waals surface area contributed by atoms with Crippen LogP contribution in [0.15, 0.2) is 73.1 Å². The molecule has 4 aromatic rings. The van der Waals surface area contributed by atoms with Crippen molar-refractivity contribution in [3.05, 3.63) is 78.6 Å². The Bertz CT molecular complexity index is 1210. The zero-order valence-corrected chi connectivity index (χ0v) is 17.5. The van der Waals surface area contributed by atoms with E-state index in [1.165, 1.54) is 0 Å². The number of hydrogen-bond donors (Lipinski definition) is 3. The number of pyridine rings is 2. The molecule has 0 atom stereocenters. The second kappa shape index (κ2) is 10.00. The van der Waals surface area contributed by atoms with Gasteiger partial charge in [0.15, 0.2) is 0 Å². The van der Waals surface area contributed by atoms with E-state index in [-0.39, 0.29) is 12.5 Å². The Morgan fingerprint density at radius 2 is 1.66 bits per heavy atom. The zero-order valence-electron chi connectivity index (χ0n) is 17.5. The van der Waals surface area contributed by atoms with Crippen LogP contribution in [0.1, 0.15) is 23.2 Å². The molecule has 0 fully saturated rings. The molecule has 7 nitrogen and oxygen atoms in total. The number of nitrogens with two attached hydrogens (primary N) is 1. The monoisotopic (exact) mass is 428 g/mol. The number of aliphatic hydroxyl groups is 1. The van der Waals surface area contributed by atoms with Gasteiger partial charge in [0.25, 0.3) is 5.91 Å². The minimum atomic E-state index is -0.387. The molecule has 0 bridgehead atoms. The molecule has 32 heavy (non-hydrogen) atoms. The summed E-state index contributed by atoms with van der Waals surface area (Å²) in [6.07, 6.45) is 4.83. The summed E-state index contributed by atoms with van der Waals surface area (Å²) >= 11 is 0. The van der Waals surface area contributed by atoms with Crippen LogP contribution in [0.4, 0.5) is 0 Å². The maximum absolute atomic E-state index is 12.3. The Morgan fingerprint density at radius 1 is 0.969 bits per heavy atom. The molecule has 4 N–H and O–H groups in total. The average molecular weight is 428 g/mol. The van der Waals surface area contributed by atoms with Crippen molar-refractivity contribution < 1.29 is 14.6 Å². The number of fused-ring (bicyclic) bond motifs is 1. The van der Waals surface area contributed by atoms with Crippen LogP contribution >= 0.6 is 0 Å². The Balaban J connectivity index is 1.56. The van der Waals surface area contributed by atoms with E-state index in [1.807, 2.05) is 48.5 Å². The lowest BCUT2D eigenvalue weighted by molar-refractivity contribution is 0.0955. The molecule has 7 heteroatoms. The fraction of sp³-hybridized carbons (Fsp3) is 0.160. The molecule has 0 spiro atoms. The van der Waals surface area contributed by atoms with Crippen LogP contribution < -0.4 is 16.0 Å². The molecule has 0 saturated heterocycles. The van der Waals surface area contributed by atoms with Crippen molar-refractivity contribution in [1.29, 1.82) is 0 Å². The first-order chi connectivity index (χ1) is 15.7. The summed E-state index contributed by atoms with van der Waals surface area (Å²) in [4.78, 5) is 21.0. The third kappa shape index (κ3) is 4.74. The summed E-state index contributed by atoms with van der Waals surface area (Å²) in [6, 6.07) is 19.4. The fourth-order valence-electron chi connectivity index (χ4n) is 3.46. The van der Waals surface area contributed by atoms with E-state index in [2.05, 4.69) is 15.4 Å². The number of benzene rings is 2. The second-order valence-corrected chi connectivity index (χ2v) is 7.30. The van der Waals surface area contributed by atoms with Crippen molar-refractivity contribution in [3.8, 4) is 28.1 Å². The molecule has 0 aliphatic rings. The summed E-state index contributed by atoms with van der Waals surface area (Å²) in [5, 5.41) is 9.48. The maximum Gasteiger partial charge on any atom is 0.265 e. The SMILES string of the molecule is NNC(=O)c1cc(-c2ccc(-c3ccc(OCCCCO)cc3)cc2)nc2ccncc12. The molecule has 0 aliphatic heterocycles. The lowest BCUT2D eigenvalue weighted by atomic mass is 10.0. The van der Waals surface area contributed by atoms with Crippen molar-refractivity contribution in [2.24, 2.45) is 5.84 Å². The van der Waals surface area contributed by atoms with Crippen molar-refractivity contribution in [1.82, 2.24) is 15.4 Å². The van der Waals surface area contributed by atoms with Gasteiger partial charge in [-0.1, -0.05) is 36.4 Å². The molecule has 0 saturated carbocycles. The number of aliphatic hydroxyl groups excluding tert-OH is 1. The highest BCUT2D eigenvalue weighted by Crippen LogP contribution is 2.28. The smallest absolute Gasteiger partial charge is 0.265 e. The Morgan fingerprint density at radius 3 is 2.34 bits per heavy atom. The second-order valence-electron chi connectivity index (χ2n) is 7.30. The third-order valence-electron chi connectivity index (χ3n) is 5.18. The summed E-state index contributed by atoms with van der Waals surface area (Å²) in [7, 11) is 0. The van der Waals surface area contributed by atoms with Gasteiger partial charge in [0.05, 0.1) is 23.4 Å². The molecular weight excluding hydrogens is 404 g/mol. The van der Waals surface area contributed by atoms with E-state index in [4.69, 9.17) is 15.7 Å².